The molecule has 0 saturated carbocycles. The maximum atomic E-state index is 4.91. The number of thiazole rings is 1. The van der Waals surface area contributed by atoms with Crippen molar-refractivity contribution in [2.75, 3.05) is 57.3 Å². The monoisotopic (exact) mass is 520 g/mol. The molecule has 2 aliphatic rings. The minimum Gasteiger partial charge on any atom is -0.357 e. The lowest BCUT2D eigenvalue weighted by Crippen LogP contribution is -2.43. The summed E-state index contributed by atoms with van der Waals surface area (Å²) in [4.78, 5) is 17.1. The summed E-state index contributed by atoms with van der Waals surface area (Å²) < 4.78 is 0. The second-order valence-electron chi connectivity index (χ2n) is 7.41. The predicted molar refractivity (Wildman–Crippen MR) is 132 cm³/mol. The number of hydrogen-bond acceptors (Lipinski definition) is 5. The lowest BCUT2D eigenvalue weighted by atomic mass is 10.2. The van der Waals surface area contributed by atoms with Crippen LogP contribution < -0.4 is 10.2 Å². The van der Waals surface area contributed by atoms with Gasteiger partial charge >= 0.3 is 0 Å². The molecule has 1 N–H and O–H groups in total. The van der Waals surface area contributed by atoms with Gasteiger partial charge in [-0.3, -0.25) is 9.89 Å². The average molecular weight is 521 g/mol. The van der Waals surface area contributed by atoms with Gasteiger partial charge in [-0.2, -0.15) is 0 Å². The Bertz CT molecular complexity index is 597. The zero-order valence-electron chi connectivity index (χ0n) is 17.7. The van der Waals surface area contributed by atoms with Gasteiger partial charge in [-0.05, 0) is 39.3 Å². The third-order valence-corrected chi connectivity index (χ3v) is 6.62. The van der Waals surface area contributed by atoms with Crippen LogP contribution >= 0.6 is 35.3 Å². The maximum Gasteiger partial charge on any atom is 0.193 e. The summed E-state index contributed by atoms with van der Waals surface area (Å²) in [5, 5.41) is 6.89. The van der Waals surface area contributed by atoms with E-state index in [0.29, 0.717) is 6.04 Å². The van der Waals surface area contributed by atoms with Crippen molar-refractivity contribution in [1.82, 2.24) is 20.1 Å². The van der Waals surface area contributed by atoms with E-state index in [4.69, 9.17) is 9.98 Å². The number of halogens is 1. The SMILES string of the molecule is CCNC(=NCCc1csc(N2CCCC2)n1)N1CCC(N(CC)CC)C1.I. The van der Waals surface area contributed by atoms with Crippen LogP contribution in [0.25, 0.3) is 0 Å². The number of hydrogen-bond donors (Lipinski definition) is 1. The van der Waals surface area contributed by atoms with E-state index in [-0.39, 0.29) is 24.0 Å². The number of nitrogens with one attached hydrogen (secondary N) is 1. The van der Waals surface area contributed by atoms with Gasteiger partial charge in [-0.15, -0.1) is 35.3 Å². The third-order valence-electron chi connectivity index (χ3n) is 5.67. The average Bonchev–Trinajstić information content (AvgIpc) is 3.43. The minimum atomic E-state index is 0. The minimum absolute atomic E-state index is 0. The van der Waals surface area contributed by atoms with Crippen molar-refractivity contribution in [3.05, 3.63) is 11.1 Å². The predicted octanol–water partition coefficient (Wildman–Crippen LogP) is 3.29. The summed E-state index contributed by atoms with van der Waals surface area (Å²) >= 11 is 1.78. The van der Waals surface area contributed by atoms with E-state index >= 15 is 0 Å². The van der Waals surface area contributed by atoms with E-state index in [1.807, 2.05) is 0 Å². The zero-order chi connectivity index (χ0) is 19.1. The fourth-order valence-electron chi connectivity index (χ4n) is 4.14. The summed E-state index contributed by atoms with van der Waals surface area (Å²) in [6, 6.07) is 0.658. The molecule has 0 amide bonds. The highest BCUT2D eigenvalue weighted by Gasteiger charge is 2.27. The highest BCUT2D eigenvalue weighted by Crippen LogP contribution is 2.24. The van der Waals surface area contributed by atoms with Crippen LogP contribution in [-0.2, 0) is 6.42 Å². The molecule has 1 aromatic rings. The molecule has 3 rings (SSSR count). The normalized spacial score (nSPS) is 20.1. The molecule has 160 valence electrons. The van der Waals surface area contributed by atoms with Gasteiger partial charge < -0.3 is 15.1 Å². The van der Waals surface area contributed by atoms with Crippen molar-refractivity contribution >= 4 is 46.4 Å². The first-order valence-corrected chi connectivity index (χ1v) is 11.6. The van der Waals surface area contributed by atoms with Crippen molar-refractivity contribution < 1.29 is 0 Å². The van der Waals surface area contributed by atoms with Crippen molar-refractivity contribution in [2.24, 2.45) is 4.99 Å². The molecule has 1 unspecified atom stereocenters. The quantitative estimate of drug-likeness (QED) is 0.324. The fraction of sp³-hybridized carbons (Fsp3) is 0.800. The Kier molecular flexibility index (Phi) is 10.3. The van der Waals surface area contributed by atoms with Gasteiger partial charge in [0.15, 0.2) is 11.1 Å². The van der Waals surface area contributed by atoms with Gasteiger partial charge in [-0.25, -0.2) is 4.98 Å². The van der Waals surface area contributed by atoms with Gasteiger partial charge in [0.2, 0.25) is 0 Å². The number of guanidine groups is 1. The third kappa shape index (κ3) is 6.19. The number of aliphatic imine (C=N–C) groups is 1. The number of nitrogens with zero attached hydrogens (tertiary/aromatic N) is 5. The Hall–Kier alpha value is -0.610. The smallest absolute Gasteiger partial charge is 0.193 e. The van der Waals surface area contributed by atoms with Gasteiger partial charge in [0.25, 0.3) is 0 Å². The van der Waals surface area contributed by atoms with E-state index in [0.717, 1.165) is 51.6 Å². The molecular formula is C20H37IN6S. The molecule has 8 heteroatoms. The molecule has 3 heterocycles. The second kappa shape index (κ2) is 12.2. The molecule has 0 spiro atoms. The molecule has 0 aromatic carbocycles. The Balaban J connectivity index is 0.00000280. The van der Waals surface area contributed by atoms with Crippen molar-refractivity contribution in [2.45, 2.75) is 52.5 Å². The molecule has 0 radical (unpaired) electrons. The van der Waals surface area contributed by atoms with E-state index in [1.54, 1.807) is 11.3 Å². The molecule has 1 atom stereocenters. The van der Waals surface area contributed by atoms with Crippen LogP contribution in [0.3, 0.4) is 0 Å². The lowest BCUT2D eigenvalue weighted by molar-refractivity contribution is 0.223. The van der Waals surface area contributed by atoms with Crippen LogP contribution in [0.4, 0.5) is 5.13 Å². The summed E-state index contributed by atoms with van der Waals surface area (Å²) in [6.07, 6.45) is 4.76. The van der Waals surface area contributed by atoms with Crippen molar-refractivity contribution in [3.8, 4) is 0 Å². The molecule has 2 saturated heterocycles. The van der Waals surface area contributed by atoms with Crippen LogP contribution in [0.5, 0.6) is 0 Å². The van der Waals surface area contributed by atoms with E-state index in [9.17, 15) is 0 Å². The second-order valence-corrected chi connectivity index (χ2v) is 8.25. The van der Waals surface area contributed by atoms with Gasteiger partial charge in [-0.1, -0.05) is 13.8 Å². The highest BCUT2D eigenvalue weighted by atomic mass is 127. The van der Waals surface area contributed by atoms with Gasteiger partial charge in [0, 0.05) is 57.1 Å². The number of likely N-dealkylation sites (N-methyl/N-ethyl adjacent to an activating group) is 1. The maximum absolute atomic E-state index is 4.91. The number of likely N-dealkylation sites (tertiary alicyclic amines) is 1. The molecule has 2 aliphatic heterocycles. The van der Waals surface area contributed by atoms with Crippen LogP contribution in [0, 0.1) is 0 Å². The lowest BCUT2D eigenvalue weighted by Gasteiger charge is -2.27. The standard InChI is InChI=1S/C20H36N6S.HI/c1-4-21-19(26-14-10-18(15-26)24(5-2)6-3)22-11-9-17-16-27-20(23-17)25-12-7-8-13-25;/h16,18H,4-15H2,1-3H3,(H,21,22);1H. The summed E-state index contributed by atoms with van der Waals surface area (Å²) in [7, 11) is 0. The molecule has 28 heavy (non-hydrogen) atoms. The Morgan fingerprint density at radius 1 is 1.25 bits per heavy atom. The van der Waals surface area contributed by atoms with E-state index in [1.165, 1.54) is 43.2 Å². The number of aromatic nitrogens is 1. The molecule has 1 aromatic heterocycles. The Morgan fingerprint density at radius 2 is 2.00 bits per heavy atom. The summed E-state index contributed by atoms with van der Waals surface area (Å²) in [5.41, 5.74) is 1.18. The van der Waals surface area contributed by atoms with E-state index < -0.39 is 0 Å². The summed E-state index contributed by atoms with van der Waals surface area (Å²) in [6.45, 7) is 15.2. The summed E-state index contributed by atoms with van der Waals surface area (Å²) in [5.74, 6) is 1.07. The highest BCUT2D eigenvalue weighted by molar-refractivity contribution is 14.0. The first-order valence-electron chi connectivity index (χ1n) is 10.7. The fourth-order valence-corrected chi connectivity index (χ4v) is 5.05. The molecule has 2 fully saturated rings. The van der Waals surface area contributed by atoms with Gasteiger partial charge in [0.05, 0.1) is 5.69 Å². The Morgan fingerprint density at radius 3 is 2.68 bits per heavy atom. The molecule has 6 nitrogen and oxygen atoms in total. The molecule has 0 aliphatic carbocycles. The number of anilines is 1. The molecular weight excluding hydrogens is 483 g/mol. The zero-order valence-corrected chi connectivity index (χ0v) is 20.8. The van der Waals surface area contributed by atoms with Gasteiger partial charge in [0.1, 0.15) is 0 Å². The van der Waals surface area contributed by atoms with Crippen molar-refractivity contribution in [3.63, 3.8) is 0 Å². The van der Waals surface area contributed by atoms with E-state index in [2.05, 4.69) is 46.2 Å². The Labute approximate surface area is 191 Å². The van der Waals surface area contributed by atoms with Crippen LogP contribution in [0.2, 0.25) is 0 Å². The van der Waals surface area contributed by atoms with Crippen LogP contribution in [-0.4, -0.2) is 79.1 Å². The largest absolute Gasteiger partial charge is 0.357 e. The topological polar surface area (TPSA) is 47.0 Å². The van der Waals surface area contributed by atoms with Crippen LogP contribution in [0.1, 0.15) is 45.7 Å². The first-order chi connectivity index (χ1) is 13.2. The first kappa shape index (κ1) is 23.7. The molecule has 0 bridgehead atoms. The van der Waals surface area contributed by atoms with Crippen LogP contribution in [0.15, 0.2) is 10.4 Å². The number of rotatable bonds is 8. The van der Waals surface area contributed by atoms with Crippen molar-refractivity contribution in [1.29, 1.82) is 0 Å².